The van der Waals surface area contributed by atoms with Crippen LogP contribution in [0.25, 0.3) is 11.4 Å². The van der Waals surface area contributed by atoms with E-state index in [9.17, 15) is 19.8 Å². The molecule has 3 heterocycles. The van der Waals surface area contributed by atoms with Crippen molar-refractivity contribution in [3.05, 3.63) is 77.6 Å². The third kappa shape index (κ3) is 8.30. The molecule has 2 aliphatic heterocycles. The summed E-state index contributed by atoms with van der Waals surface area (Å²) in [6.45, 7) is 7.18. The molecule has 1 aromatic heterocycles. The highest BCUT2D eigenvalue weighted by molar-refractivity contribution is 5.97. The van der Waals surface area contributed by atoms with Gasteiger partial charge in [-0.05, 0) is 85.0 Å². The van der Waals surface area contributed by atoms with Gasteiger partial charge in [-0.2, -0.15) is 0 Å². The van der Waals surface area contributed by atoms with Crippen molar-refractivity contribution in [2.75, 3.05) is 31.1 Å². The van der Waals surface area contributed by atoms with Gasteiger partial charge in [-0.25, -0.2) is 9.97 Å². The molecule has 2 aliphatic carbocycles. The number of piperidine rings is 1. The second kappa shape index (κ2) is 15.4. The van der Waals surface area contributed by atoms with Gasteiger partial charge in [0.25, 0.3) is 5.91 Å². The Labute approximate surface area is 302 Å². The van der Waals surface area contributed by atoms with E-state index < -0.39 is 12.3 Å². The van der Waals surface area contributed by atoms with Gasteiger partial charge in [0, 0.05) is 49.6 Å². The number of nitrogens with zero attached hydrogens (tertiary/aromatic N) is 4. The molecule has 4 aliphatic rings. The highest BCUT2D eigenvalue weighted by atomic mass is 16.5. The average Bonchev–Trinajstić information content (AvgIpc) is 3.89. The third-order valence-electron chi connectivity index (χ3n) is 12.5. The largest absolute Gasteiger partial charge is 0.369 e. The van der Waals surface area contributed by atoms with Crippen molar-refractivity contribution in [1.29, 1.82) is 0 Å². The predicted molar refractivity (Wildman–Crippen MR) is 199 cm³/mol. The Hall–Kier alpha value is -3.82. The maximum absolute atomic E-state index is 13.6. The maximum Gasteiger partial charge on any atom is 0.251 e. The van der Waals surface area contributed by atoms with Crippen LogP contribution >= 0.6 is 0 Å². The lowest BCUT2D eigenvalue weighted by atomic mass is 9.72. The van der Waals surface area contributed by atoms with Gasteiger partial charge in [0.1, 0.15) is 6.04 Å². The number of carbonyl (C=O) groups is 2. The standard InChI is InChI=1S/C42H55N5O4/c1-3-4-28-5-9-30(10-6-28)31-17-21-46(22-18-31)36-24-43-38(44-25-36)32-11-7-29(8-12-32)23-37(40(49)47-26-34(27-47)41(50)51)45-39(48)33-13-15-35(16-14-33)42(2)19-20-42/h7-8,11-16,24-25,28,30-31,34,37,41,50-51H,3-6,9-10,17-23,26-27H2,1-2H3,(H,45,48)/t28-,30-,37-/m0/s1. The summed E-state index contributed by atoms with van der Waals surface area (Å²) in [6.07, 6.45) is 16.0. The summed E-state index contributed by atoms with van der Waals surface area (Å²) in [7, 11) is 0. The molecule has 2 amide bonds. The van der Waals surface area contributed by atoms with Crippen molar-refractivity contribution < 1.29 is 19.8 Å². The van der Waals surface area contributed by atoms with Crippen LogP contribution in [0.5, 0.6) is 0 Å². The minimum atomic E-state index is -1.46. The minimum Gasteiger partial charge on any atom is -0.369 e. The first-order chi connectivity index (χ1) is 24.7. The molecular weight excluding hydrogens is 638 g/mol. The number of aliphatic hydroxyl groups excluding tert-OH is 1. The zero-order valence-corrected chi connectivity index (χ0v) is 30.3. The lowest BCUT2D eigenvalue weighted by Crippen LogP contribution is -2.60. The fourth-order valence-corrected chi connectivity index (χ4v) is 8.69. The number of aliphatic hydroxyl groups is 2. The van der Waals surface area contributed by atoms with E-state index in [0.717, 1.165) is 60.5 Å². The molecule has 272 valence electrons. The normalized spacial score (nSPS) is 22.8. The van der Waals surface area contributed by atoms with Crippen molar-refractivity contribution in [1.82, 2.24) is 20.2 Å². The fourth-order valence-electron chi connectivity index (χ4n) is 8.69. The van der Waals surface area contributed by atoms with Crippen molar-refractivity contribution in [3.8, 4) is 11.4 Å². The first-order valence-corrected chi connectivity index (χ1v) is 19.4. The SMILES string of the molecule is CCC[C@H]1CC[C@H](C2CCN(c3cnc(-c4ccc(C[C@H](NC(=O)c5ccc(C6(C)CC6)cc5)C(=O)N5CC(C(O)O)C5)cc4)nc3)CC2)CC1. The molecule has 2 saturated carbocycles. The predicted octanol–water partition coefficient (Wildman–Crippen LogP) is 6.13. The van der Waals surface area contributed by atoms with Gasteiger partial charge in [0.2, 0.25) is 5.91 Å². The van der Waals surface area contributed by atoms with E-state index in [0.29, 0.717) is 17.8 Å². The van der Waals surface area contributed by atoms with E-state index >= 15 is 0 Å². The van der Waals surface area contributed by atoms with Gasteiger partial charge in [0.05, 0.1) is 18.1 Å². The summed E-state index contributed by atoms with van der Waals surface area (Å²) in [5.41, 5.74) is 4.82. The molecule has 9 nitrogen and oxygen atoms in total. The molecule has 0 radical (unpaired) electrons. The Kier molecular flexibility index (Phi) is 10.8. The molecule has 2 aromatic carbocycles. The van der Waals surface area contributed by atoms with E-state index in [2.05, 4.69) is 24.1 Å². The lowest BCUT2D eigenvalue weighted by Gasteiger charge is -2.41. The van der Waals surface area contributed by atoms with E-state index in [1.807, 2.05) is 60.9 Å². The van der Waals surface area contributed by atoms with Crippen molar-refractivity contribution in [2.45, 2.75) is 102 Å². The number of nitrogens with one attached hydrogen (secondary N) is 1. The van der Waals surface area contributed by atoms with Crippen LogP contribution in [0.4, 0.5) is 5.69 Å². The number of benzene rings is 2. The van der Waals surface area contributed by atoms with Crippen LogP contribution in [-0.2, 0) is 16.6 Å². The highest BCUT2D eigenvalue weighted by Gasteiger charge is 2.40. The Morgan fingerprint density at radius 1 is 0.882 bits per heavy atom. The Balaban J connectivity index is 0.954. The molecule has 7 rings (SSSR count). The number of rotatable bonds is 12. The van der Waals surface area contributed by atoms with Gasteiger partial charge >= 0.3 is 0 Å². The van der Waals surface area contributed by atoms with Crippen molar-refractivity contribution >= 4 is 17.5 Å². The summed E-state index contributed by atoms with van der Waals surface area (Å²) in [5, 5.41) is 22.0. The summed E-state index contributed by atoms with van der Waals surface area (Å²) >= 11 is 0. The second-order valence-corrected chi connectivity index (χ2v) is 16.1. The molecule has 0 bridgehead atoms. The van der Waals surface area contributed by atoms with Crippen LogP contribution in [0.3, 0.4) is 0 Å². The molecule has 51 heavy (non-hydrogen) atoms. The lowest BCUT2D eigenvalue weighted by molar-refractivity contribution is -0.157. The van der Waals surface area contributed by atoms with Crippen LogP contribution in [0.15, 0.2) is 60.9 Å². The maximum atomic E-state index is 13.6. The molecule has 3 N–H and O–H groups in total. The molecule has 9 heteroatoms. The topological polar surface area (TPSA) is 119 Å². The Bertz CT molecular complexity index is 1620. The number of hydrogen-bond donors (Lipinski definition) is 3. The third-order valence-corrected chi connectivity index (χ3v) is 12.5. The molecule has 3 aromatic rings. The van der Waals surface area contributed by atoms with Crippen molar-refractivity contribution in [3.63, 3.8) is 0 Å². The smallest absolute Gasteiger partial charge is 0.251 e. The van der Waals surface area contributed by atoms with Crippen LogP contribution in [0.1, 0.15) is 99.5 Å². The average molecular weight is 694 g/mol. The van der Waals surface area contributed by atoms with Crippen LogP contribution in [-0.4, -0.2) is 75.4 Å². The van der Waals surface area contributed by atoms with Crippen LogP contribution < -0.4 is 10.2 Å². The summed E-state index contributed by atoms with van der Waals surface area (Å²) in [6, 6.07) is 14.7. The monoisotopic (exact) mass is 693 g/mol. The van der Waals surface area contributed by atoms with E-state index in [1.165, 1.54) is 56.9 Å². The second-order valence-electron chi connectivity index (χ2n) is 16.1. The van der Waals surface area contributed by atoms with Gasteiger partial charge in [0.15, 0.2) is 12.1 Å². The zero-order chi connectivity index (χ0) is 35.5. The van der Waals surface area contributed by atoms with Gasteiger partial charge in [-0.3, -0.25) is 9.59 Å². The van der Waals surface area contributed by atoms with Gasteiger partial charge in [-0.1, -0.05) is 75.9 Å². The number of aromatic nitrogens is 2. The van der Waals surface area contributed by atoms with Crippen molar-refractivity contribution in [2.24, 2.45) is 23.7 Å². The number of likely N-dealkylation sites (tertiary alicyclic amines) is 1. The fraction of sp³-hybridized carbons (Fsp3) is 0.571. The molecule has 1 atom stereocenters. The first-order valence-electron chi connectivity index (χ1n) is 19.4. The summed E-state index contributed by atoms with van der Waals surface area (Å²) < 4.78 is 0. The van der Waals surface area contributed by atoms with Crippen LogP contribution in [0.2, 0.25) is 0 Å². The molecule has 2 saturated heterocycles. The van der Waals surface area contributed by atoms with E-state index in [1.54, 1.807) is 4.90 Å². The highest BCUT2D eigenvalue weighted by Crippen LogP contribution is 2.47. The first kappa shape index (κ1) is 35.6. The van der Waals surface area contributed by atoms with Gasteiger partial charge < -0.3 is 25.3 Å². The van der Waals surface area contributed by atoms with E-state index in [-0.39, 0.29) is 36.2 Å². The quantitative estimate of drug-likeness (QED) is 0.196. The minimum absolute atomic E-state index is 0.210. The summed E-state index contributed by atoms with van der Waals surface area (Å²) in [4.78, 5) is 40.4. The number of carbonyl (C=O) groups excluding carboxylic acids is 2. The zero-order valence-electron chi connectivity index (χ0n) is 30.3. The molecular formula is C42H55N5O4. The summed E-state index contributed by atoms with van der Waals surface area (Å²) in [5.74, 6) is 2.47. The number of amides is 2. The Morgan fingerprint density at radius 3 is 2.10 bits per heavy atom. The Morgan fingerprint density at radius 2 is 1.51 bits per heavy atom. The molecule has 0 unspecified atom stereocenters. The molecule has 4 fully saturated rings. The molecule has 0 spiro atoms. The number of anilines is 1. The number of hydrogen-bond acceptors (Lipinski definition) is 7. The van der Waals surface area contributed by atoms with E-state index in [4.69, 9.17) is 9.97 Å². The van der Waals surface area contributed by atoms with Crippen LogP contribution in [0, 0.1) is 23.7 Å². The van der Waals surface area contributed by atoms with Gasteiger partial charge in [-0.15, -0.1) is 0 Å².